The van der Waals surface area contributed by atoms with Crippen LogP contribution in [0.3, 0.4) is 0 Å². The van der Waals surface area contributed by atoms with Gasteiger partial charge in [0.25, 0.3) is 5.91 Å². The molecule has 140 valence electrons. The van der Waals surface area contributed by atoms with Crippen molar-refractivity contribution in [2.45, 2.75) is 32.8 Å². The normalized spacial score (nSPS) is 11.7. The van der Waals surface area contributed by atoms with Crippen LogP contribution in [0.5, 0.6) is 17.2 Å². The first-order valence-electron chi connectivity index (χ1n) is 8.81. The Labute approximate surface area is 155 Å². The lowest BCUT2D eigenvalue weighted by atomic mass is 10.0. The van der Waals surface area contributed by atoms with E-state index in [-0.39, 0.29) is 5.91 Å². The minimum Gasteiger partial charge on any atom is -0.497 e. The third-order valence-corrected chi connectivity index (χ3v) is 3.94. The van der Waals surface area contributed by atoms with E-state index in [2.05, 4.69) is 25.2 Å². The van der Waals surface area contributed by atoms with Gasteiger partial charge in [-0.15, -0.1) is 0 Å². The number of benzene rings is 2. The van der Waals surface area contributed by atoms with E-state index in [1.54, 1.807) is 38.3 Å². The molecule has 5 heteroatoms. The van der Waals surface area contributed by atoms with E-state index in [0.29, 0.717) is 24.8 Å². The predicted octanol–water partition coefficient (Wildman–Crippen LogP) is 3.78. The number of nitrogens with one attached hydrogen (secondary N) is 1. The first kappa shape index (κ1) is 19.6. The Hall–Kier alpha value is -2.69. The summed E-state index contributed by atoms with van der Waals surface area (Å²) in [6.07, 6.45) is -0.591. The highest BCUT2D eigenvalue weighted by Crippen LogP contribution is 2.25. The maximum Gasteiger partial charge on any atom is 0.260 e. The van der Waals surface area contributed by atoms with Crippen LogP contribution in [0.2, 0.25) is 0 Å². The van der Waals surface area contributed by atoms with Crippen LogP contribution >= 0.6 is 0 Å². The van der Waals surface area contributed by atoms with Crippen molar-refractivity contribution in [3.8, 4) is 17.2 Å². The number of hydrogen-bond acceptors (Lipinski definition) is 4. The second-order valence-corrected chi connectivity index (χ2v) is 6.27. The molecular weight excluding hydrogens is 330 g/mol. The van der Waals surface area contributed by atoms with Gasteiger partial charge in [0.15, 0.2) is 6.10 Å². The zero-order valence-corrected chi connectivity index (χ0v) is 15.8. The van der Waals surface area contributed by atoms with E-state index in [4.69, 9.17) is 14.2 Å². The number of ether oxygens (including phenoxy) is 3. The molecule has 5 nitrogen and oxygen atoms in total. The second-order valence-electron chi connectivity index (χ2n) is 6.27. The molecular formula is C21H27NO4. The summed E-state index contributed by atoms with van der Waals surface area (Å²) in [5, 5.41) is 2.83. The number of amides is 1. The number of carbonyl (C=O) groups is 1. The second kappa shape index (κ2) is 9.70. The summed E-state index contributed by atoms with van der Waals surface area (Å²) < 4.78 is 16.5. The fraction of sp³-hybridized carbons (Fsp3) is 0.381. The zero-order chi connectivity index (χ0) is 18.9. The van der Waals surface area contributed by atoms with Crippen LogP contribution in [0, 0.1) is 0 Å². The quantitative estimate of drug-likeness (QED) is 0.694. The summed E-state index contributed by atoms with van der Waals surface area (Å²) in [5.74, 6) is 2.43. The Morgan fingerprint density at radius 3 is 2.31 bits per heavy atom. The van der Waals surface area contributed by atoms with Gasteiger partial charge in [0.1, 0.15) is 23.9 Å². The van der Waals surface area contributed by atoms with Crippen molar-refractivity contribution < 1.29 is 19.0 Å². The molecule has 0 saturated heterocycles. The highest BCUT2D eigenvalue weighted by atomic mass is 16.5. The molecule has 1 N–H and O–H groups in total. The highest BCUT2D eigenvalue weighted by Gasteiger charge is 2.14. The molecule has 0 aliphatic rings. The largest absolute Gasteiger partial charge is 0.497 e. The maximum absolute atomic E-state index is 12.1. The van der Waals surface area contributed by atoms with Crippen molar-refractivity contribution in [3.63, 3.8) is 0 Å². The molecule has 0 radical (unpaired) electrons. The molecule has 0 aromatic heterocycles. The van der Waals surface area contributed by atoms with E-state index in [0.717, 1.165) is 17.1 Å². The summed E-state index contributed by atoms with van der Waals surface area (Å²) in [7, 11) is 1.60. The van der Waals surface area contributed by atoms with Crippen LogP contribution in [-0.2, 0) is 4.79 Å². The average Bonchev–Trinajstić information content (AvgIpc) is 2.65. The summed E-state index contributed by atoms with van der Waals surface area (Å²) in [5.41, 5.74) is 1.16. The van der Waals surface area contributed by atoms with Crippen molar-refractivity contribution in [3.05, 3.63) is 54.1 Å². The molecule has 26 heavy (non-hydrogen) atoms. The van der Waals surface area contributed by atoms with E-state index in [1.807, 2.05) is 18.2 Å². The third-order valence-electron chi connectivity index (χ3n) is 3.94. The lowest BCUT2D eigenvalue weighted by Gasteiger charge is -2.16. The Balaban J connectivity index is 1.76. The fourth-order valence-corrected chi connectivity index (χ4v) is 2.48. The van der Waals surface area contributed by atoms with E-state index < -0.39 is 6.10 Å². The minimum atomic E-state index is -0.591. The number of carbonyl (C=O) groups excluding carboxylic acids is 1. The molecule has 0 aliphatic carbocycles. The lowest BCUT2D eigenvalue weighted by Crippen LogP contribution is -2.38. The number of para-hydroxylation sites is 1. The molecule has 2 rings (SSSR count). The maximum atomic E-state index is 12.1. The van der Waals surface area contributed by atoms with Gasteiger partial charge in [-0.25, -0.2) is 0 Å². The van der Waals surface area contributed by atoms with E-state index in [9.17, 15) is 4.79 Å². The topological polar surface area (TPSA) is 56.8 Å². The Morgan fingerprint density at radius 1 is 1.00 bits per heavy atom. The van der Waals surface area contributed by atoms with Crippen LogP contribution in [0.15, 0.2) is 48.5 Å². The molecule has 0 aliphatic heterocycles. The third kappa shape index (κ3) is 5.69. The van der Waals surface area contributed by atoms with Crippen molar-refractivity contribution >= 4 is 5.91 Å². The number of hydrogen-bond donors (Lipinski definition) is 1. The fourth-order valence-electron chi connectivity index (χ4n) is 2.48. The molecule has 1 atom stereocenters. The van der Waals surface area contributed by atoms with Gasteiger partial charge in [-0.1, -0.05) is 32.0 Å². The van der Waals surface area contributed by atoms with Crippen molar-refractivity contribution in [2.24, 2.45) is 0 Å². The van der Waals surface area contributed by atoms with Gasteiger partial charge in [0, 0.05) is 0 Å². The molecule has 0 saturated carbocycles. The Bertz CT molecular complexity index is 697. The van der Waals surface area contributed by atoms with E-state index >= 15 is 0 Å². The molecule has 0 heterocycles. The monoisotopic (exact) mass is 357 g/mol. The van der Waals surface area contributed by atoms with Gasteiger partial charge in [0.2, 0.25) is 0 Å². The Kier molecular flexibility index (Phi) is 7.33. The van der Waals surface area contributed by atoms with Gasteiger partial charge in [-0.05, 0) is 48.7 Å². The highest BCUT2D eigenvalue weighted by molar-refractivity contribution is 5.80. The predicted molar refractivity (Wildman–Crippen MR) is 102 cm³/mol. The summed E-state index contributed by atoms with van der Waals surface area (Å²) in [6.45, 7) is 6.80. The van der Waals surface area contributed by atoms with Crippen LogP contribution in [-0.4, -0.2) is 32.3 Å². The molecule has 0 spiro atoms. The minimum absolute atomic E-state index is 0.179. The summed E-state index contributed by atoms with van der Waals surface area (Å²) >= 11 is 0. The average molecular weight is 357 g/mol. The number of rotatable bonds is 9. The molecule has 1 amide bonds. The van der Waals surface area contributed by atoms with Crippen molar-refractivity contribution in [2.75, 3.05) is 20.3 Å². The SMILES string of the molecule is COc1ccc(OC(C)C(=O)NCCOc2ccccc2C(C)C)cc1. The molecule has 0 fully saturated rings. The van der Waals surface area contributed by atoms with Crippen LogP contribution in [0.1, 0.15) is 32.3 Å². The van der Waals surface area contributed by atoms with Crippen LogP contribution in [0.25, 0.3) is 0 Å². The van der Waals surface area contributed by atoms with Crippen molar-refractivity contribution in [1.29, 1.82) is 0 Å². The van der Waals surface area contributed by atoms with Crippen LogP contribution in [0.4, 0.5) is 0 Å². The molecule has 1 unspecified atom stereocenters. The first-order valence-corrected chi connectivity index (χ1v) is 8.81. The van der Waals surface area contributed by atoms with Crippen molar-refractivity contribution in [1.82, 2.24) is 5.32 Å². The van der Waals surface area contributed by atoms with Gasteiger partial charge in [0.05, 0.1) is 13.7 Å². The summed E-state index contributed by atoms with van der Waals surface area (Å²) in [4.78, 5) is 12.1. The zero-order valence-electron chi connectivity index (χ0n) is 15.8. The summed E-state index contributed by atoms with van der Waals surface area (Å²) in [6, 6.07) is 15.1. The molecule has 2 aromatic rings. The number of methoxy groups -OCH3 is 1. The molecule has 0 bridgehead atoms. The standard InChI is InChI=1S/C21H27NO4/c1-15(2)19-7-5-6-8-20(19)25-14-13-22-21(23)16(3)26-18-11-9-17(24-4)10-12-18/h5-12,15-16H,13-14H2,1-4H3,(H,22,23). The van der Waals surface area contributed by atoms with Crippen LogP contribution < -0.4 is 19.5 Å². The van der Waals surface area contributed by atoms with Gasteiger partial charge in [-0.2, -0.15) is 0 Å². The van der Waals surface area contributed by atoms with Gasteiger partial charge in [-0.3, -0.25) is 4.79 Å². The van der Waals surface area contributed by atoms with Gasteiger partial charge < -0.3 is 19.5 Å². The lowest BCUT2D eigenvalue weighted by molar-refractivity contribution is -0.127. The van der Waals surface area contributed by atoms with Gasteiger partial charge >= 0.3 is 0 Å². The van der Waals surface area contributed by atoms with E-state index in [1.165, 1.54) is 0 Å². The smallest absolute Gasteiger partial charge is 0.260 e. The Morgan fingerprint density at radius 2 is 1.65 bits per heavy atom. The molecule has 2 aromatic carbocycles. The first-order chi connectivity index (χ1) is 12.5.